The van der Waals surface area contributed by atoms with Crippen molar-refractivity contribution in [3.05, 3.63) is 29.8 Å². The van der Waals surface area contributed by atoms with Crippen molar-refractivity contribution in [1.29, 1.82) is 0 Å². The number of nitrogens with zero attached hydrogens (tertiary/aromatic N) is 2. The van der Waals surface area contributed by atoms with Crippen molar-refractivity contribution >= 4 is 35.8 Å². The van der Waals surface area contributed by atoms with Crippen molar-refractivity contribution in [2.45, 2.75) is 39.8 Å². The molecule has 0 aliphatic carbocycles. The Morgan fingerprint density at radius 1 is 1.38 bits per heavy atom. The van der Waals surface area contributed by atoms with Crippen LogP contribution in [-0.4, -0.2) is 49.6 Å². The highest BCUT2D eigenvalue weighted by molar-refractivity contribution is 14.0. The molecule has 6 nitrogen and oxygen atoms in total. The third-order valence-corrected chi connectivity index (χ3v) is 4.28. The van der Waals surface area contributed by atoms with E-state index in [0.717, 1.165) is 43.3 Å². The number of aliphatic imine (C=N–C) groups is 1. The Morgan fingerprint density at radius 2 is 2.12 bits per heavy atom. The van der Waals surface area contributed by atoms with Gasteiger partial charge in [0.25, 0.3) is 0 Å². The molecule has 1 saturated heterocycles. The summed E-state index contributed by atoms with van der Waals surface area (Å²) in [6.07, 6.45) is 0.942. The molecule has 26 heavy (non-hydrogen) atoms. The number of ether oxygens (including phenoxy) is 1. The molecule has 1 aliphatic heterocycles. The average Bonchev–Trinajstić information content (AvgIpc) is 3.07. The molecule has 0 spiro atoms. The van der Waals surface area contributed by atoms with Gasteiger partial charge in [0.15, 0.2) is 5.96 Å². The minimum Gasteiger partial charge on any atom is -0.496 e. The number of methoxy groups -OCH3 is 1. The number of hydrogen-bond acceptors (Lipinski definition) is 3. The number of carbonyl (C=O) groups is 1. The van der Waals surface area contributed by atoms with Crippen molar-refractivity contribution in [2.24, 2.45) is 10.9 Å². The second kappa shape index (κ2) is 11.3. The number of para-hydroxylation sites is 1. The summed E-state index contributed by atoms with van der Waals surface area (Å²) in [6.45, 7) is 8.81. The van der Waals surface area contributed by atoms with E-state index in [2.05, 4.69) is 15.6 Å². The second-order valence-electron chi connectivity index (χ2n) is 6.58. The maximum absolute atomic E-state index is 12.1. The van der Waals surface area contributed by atoms with Crippen molar-refractivity contribution in [3.8, 4) is 5.75 Å². The fraction of sp³-hybridized carbons (Fsp3) is 0.579. The molecule has 0 bridgehead atoms. The molecule has 0 radical (unpaired) electrons. The molecule has 1 fully saturated rings. The van der Waals surface area contributed by atoms with E-state index in [1.807, 2.05) is 49.9 Å². The number of nitrogens with one attached hydrogen (secondary N) is 2. The minimum absolute atomic E-state index is 0. The number of benzene rings is 1. The van der Waals surface area contributed by atoms with Crippen LogP contribution in [0.25, 0.3) is 0 Å². The summed E-state index contributed by atoms with van der Waals surface area (Å²) >= 11 is 0. The number of guanidine groups is 1. The van der Waals surface area contributed by atoms with Crippen LogP contribution in [0, 0.1) is 5.92 Å². The summed E-state index contributed by atoms with van der Waals surface area (Å²) in [7, 11) is 1.67. The van der Waals surface area contributed by atoms with Gasteiger partial charge in [-0.25, -0.2) is 4.99 Å². The predicted molar refractivity (Wildman–Crippen MR) is 116 cm³/mol. The first-order chi connectivity index (χ1) is 12.0. The molecule has 0 saturated carbocycles. The molecule has 1 amide bonds. The van der Waals surface area contributed by atoms with Gasteiger partial charge in [-0.05, 0) is 19.4 Å². The van der Waals surface area contributed by atoms with E-state index < -0.39 is 0 Å². The molecule has 1 atom stereocenters. The van der Waals surface area contributed by atoms with Crippen LogP contribution in [0.3, 0.4) is 0 Å². The molecular weight excluding hydrogens is 443 g/mol. The monoisotopic (exact) mass is 474 g/mol. The predicted octanol–water partition coefficient (Wildman–Crippen LogP) is 2.63. The van der Waals surface area contributed by atoms with Gasteiger partial charge < -0.3 is 20.3 Å². The Morgan fingerprint density at radius 3 is 2.77 bits per heavy atom. The molecule has 0 aromatic heterocycles. The summed E-state index contributed by atoms with van der Waals surface area (Å²) in [5.41, 5.74) is 1.05. The molecule has 1 aliphatic rings. The van der Waals surface area contributed by atoms with Gasteiger partial charge in [-0.1, -0.05) is 32.0 Å². The van der Waals surface area contributed by atoms with E-state index in [1.54, 1.807) is 7.11 Å². The SMILES string of the molecule is CCNC(=NCc1ccccc1OC)NC1CCN(C(=O)C(C)C)C1.I. The molecule has 2 rings (SSSR count). The van der Waals surface area contributed by atoms with Gasteiger partial charge in [0, 0.05) is 37.2 Å². The lowest BCUT2D eigenvalue weighted by Gasteiger charge is -2.20. The van der Waals surface area contributed by atoms with Crippen molar-refractivity contribution in [3.63, 3.8) is 0 Å². The Hall–Kier alpha value is -1.51. The Bertz CT molecular complexity index is 607. The van der Waals surface area contributed by atoms with Gasteiger partial charge in [0.1, 0.15) is 5.75 Å². The number of carbonyl (C=O) groups excluding carboxylic acids is 1. The summed E-state index contributed by atoms with van der Waals surface area (Å²) in [6, 6.07) is 8.13. The largest absolute Gasteiger partial charge is 0.496 e. The van der Waals surface area contributed by atoms with E-state index >= 15 is 0 Å². The highest BCUT2D eigenvalue weighted by atomic mass is 127. The zero-order valence-corrected chi connectivity index (χ0v) is 18.4. The molecule has 1 unspecified atom stereocenters. The first kappa shape index (κ1) is 22.5. The quantitative estimate of drug-likeness (QED) is 0.378. The van der Waals surface area contributed by atoms with Crippen LogP contribution in [0.2, 0.25) is 0 Å². The van der Waals surface area contributed by atoms with Gasteiger partial charge in [-0.15, -0.1) is 24.0 Å². The normalized spacial score (nSPS) is 17.0. The molecule has 1 aromatic rings. The maximum Gasteiger partial charge on any atom is 0.225 e. The number of amides is 1. The summed E-state index contributed by atoms with van der Waals surface area (Å²) in [5.74, 6) is 1.89. The molecule has 7 heteroatoms. The van der Waals surface area contributed by atoms with Gasteiger partial charge >= 0.3 is 0 Å². The summed E-state index contributed by atoms with van der Waals surface area (Å²) in [4.78, 5) is 18.7. The maximum atomic E-state index is 12.1. The van der Waals surface area contributed by atoms with Crippen molar-refractivity contribution < 1.29 is 9.53 Å². The second-order valence-corrected chi connectivity index (χ2v) is 6.58. The van der Waals surface area contributed by atoms with Crippen molar-refractivity contribution in [2.75, 3.05) is 26.7 Å². The highest BCUT2D eigenvalue weighted by Crippen LogP contribution is 2.18. The first-order valence-corrected chi connectivity index (χ1v) is 9.00. The van der Waals surface area contributed by atoms with Crippen LogP contribution in [0.15, 0.2) is 29.3 Å². The number of halogens is 1. The minimum atomic E-state index is 0. The van der Waals surface area contributed by atoms with E-state index in [0.29, 0.717) is 6.54 Å². The molecule has 1 aromatic carbocycles. The lowest BCUT2D eigenvalue weighted by Crippen LogP contribution is -2.45. The Labute approximate surface area is 173 Å². The van der Waals surface area contributed by atoms with Crippen LogP contribution < -0.4 is 15.4 Å². The lowest BCUT2D eigenvalue weighted by molar-refractivity contribution is -0.133. The Kier molecular flexibility index (Phi) is 9.75. The lowest BCUT2D eigenvalue weighted by atomic mass is 10.2. The van der Waals surface area contributed by atoms with E-state index in [1.165, 1.54) is 0 Å². The number of rotatable bonds is 6. The molecule has 1 heterocycles. The number of likely N-dealkylation sites (tertiary alicyclic amines) is 1. The third kappa shape index (κ3) is 6.34. The fourth-order valence-electron chi connectivity index (χ4n) is 2.95. The van der Waals surface area contributed by atoms with Crippen LogP contribution in [-0.2, 0) is 11.3 Å². The van der Waals surface area contributed by atoms with Crippen LogP contribution in [0.5, 0.6) is 5.75 Å². The zero-order chi connectivity index (χ0) is 18.2. The molecule has 2 N–H and O–H groups in total. The van der Waals surface area contributed by atoms with Gasteiger partial charge in [0.05, 0.1) is 13.7 Å². The topological polar surface area (TPSA) is 66.0 Å². The third-order valence-electron chi connectivity index (χ3n) is 4.28. The van der Waals surface area contributed by atoms with E-state index in [4.69, 9.17) is 4.74 Å². The van der Waals surface area contributed by atoms with Crippen LogP contribution >= 0.6 is 24.0 Å². The molecular formula is C19H31IN4O2. The standard InChI is InChI=1S/C19H30N4O2.HI/c1-5-20-19(21-12-15-8-6-7-9-17(15)25-4)22-16-10-11-23(13-16)18(24)14(2)3;/h6-9,14,16H,5,10-13H2,1-4H3,(H2,20,21,22);1H. The highest BCUT2D eigenvalue weighted by Gasteiger charge is 2.27. The smallest absolute Gasteiger partial charge is 0.225 e. The van der Waals surface area contributed by atoms with Crippen molar-refractivity contribution in [1.82, 2.24) is 15.5 Å². The first-order valence-electron chi connectivity index (χ1n) is 9.00. The molecule has 146 valence electrons. The van der Waals surface area contributed by atoms with E-state index in [-0.39, 0.29) is 41.8 Å². The van der Waals surface area contributed by atoms with Crippen LogP contribution in [0.1, 0.15) is 32.8 Å². The fourth-order valence-corrected chi connectivity index (χ4v) is 2.95. The summed E-state index contributed by atoms with van der Waals surface area (Å²) < 4.78 is 5.38. The zero-order valence-electron chi connectivity index (χ0n) is 16.1. The van der Waals surface area contributed by atoms with E-state index in [9.17, 15) is 4.79 Å². The van der Waals surface area contributed by atoms with Gasteiger partial charge in [0.2, 0.25) is 5.91 Å². The summed E-state index contributed by atoms with van der Waals surface area (Å²) in [5, 5.41) is 6.73. The van der Waals surface area contributed by atoms with Crippen LogP contribution in [0.4, 0.5) is 0 Å². The number of hydrogen-bond donors (Lipinski definition) is 2. The average molecular weight is 474 g/mol. The van der Waals surface area contributed by atoms with Gasteiger partial charge in [-0.2, -0.15) is 0 Å². The van der Waals surface area contributed by atoms with Gasteiger partial charge in [-0.3, -0.25) is 4.79 Å². The Balaban J connectivity index is 0.00000338.